The second-order valence-corrected chi connectivity index (χ2v) is 15.4. The number of hydrogen-bond donors (Lipinski definition) is 6. The van der Waals surface area contributed by atoms with Gasteiger partial charge >= 0.3 is 29.5 Å². The highest BCUT2D eigenvalue weighted by molar-refractivity contribution is 5.92. The third-order valence-corrected chi connectivity index (χ3v) is 8.80. The Morgan fingerprint density at radius 3 is 1.48 bits per heavy atom. The fourth-order valence-corrected chi connectivity index (χ4v) is 5.74. The summed E-state index contributed by atoms with van der Waals surface area (Å²) in [5, 5.41) is 56.3. The molecule has 0 aliphatic heterocycles. The number of ketones is 2. The summed E-state index contributed by atoms with van der Waals surface area (Å²) >= 11 is 0. The number of hydrogen-bond acceptors (Lipinski definition) is 16. The van der Waals surface area contributed by atoms with Crippen molar-refractivity contribution in [2.45, 2.75) is 151 Å². The Kier molecular flexibility index (Phi) is 26.1. The van der Waals surface area contributed by atoms with Crippen molar-refractivity contribution in [1.29, 1.82) is 0 Å². The van der Waals surface area contributed by atoms with Crippen LogP contribution in [-0.4, -0.2) is 123 Å². The maximum Gasteiger partial charge on any atom is 0.342 e. The maximum atomic E-state index is 12.8. The second kappa shape index (κ2) is 28.8. The molecular weight excluding hydrogens is 818 g/mol. The Morgan fingerprint density at radius 1 is 0.677 bits per heavy atom. The summed E-state index contributed by atoms with van der Waals surface area (Å²) in [6, 6.07) is -2.00. The van der Waals surface area contributed by atoms with Gasteiger partial charge in [-0.25, -0.2) is 19.1 Å². The minimum Gasteiger partial charge on any atom is -0.481 e. The minimum atomic E-state index is -1.04. The van der Waals surface area contributed by atoms with Crippen LogP contribution < -0.4 is 16.0 Å². The number of imidazole rings is 2. The highest BCUT2D eigenvalue weighted by Gasteiger charge is 2.29. The van der Waals surface area contributed by atoms with E-state index in [1.54, 1.807) is 27.7 Å². The summed E-state index contributed by atoms with van der Waals surface area (Å²) < 4.78 is 7.83. The summed E-state index contributed by atoms with van der Waals surface area (Å²) in [5.74, 6) is -3.03. The number of carbonyl (C=O) groups is 6. The number of esters is 1. The summed E-state index contributed by atoms with van der Waals surface area (Å²) in [6.07, 6.45) is 2.37. The van der Waals surface area contributed by atoms with Crippen LogP contribution in [0.3, 0.4) is 0 Å². The SMILES string of the molecule is CC(C)NC(CCC(=O)O)C(=O)C(C)C.Cc1ncc([N+](=O)[O-])n1CCO.Cc1ncc([N+](=O)[O-])n1CCOC(=O)CCC(NC(=O)C(CCC(=O)O)NC(C)C)C(=O)C(C)C. The van der Waals surface area contributed by atoms with Crippen LogP contribution in [0.5, 0.6) is 0 Å². The lowest BCUT2D eigenvalue weighted by atomic mass is 9.97. The Labute approximate surface area is 360 Å². The molecule has 2 heterocycles. The molecule has 0 aliphatic carbocycles. The largest absolute Gasteiger partial charge is 0.481 e. The molecule has 0 aromatic carbocycles. The Balaban J connectivity index is 0.00000112. The first kappa shape index (κ1) is 56.3. The predicted molar refractivity (Wildman–Crippen MR) is 224 cm³/mol. The zero-order valence-electron chi connectivity index (χ0n) is 37.3. The van der Waals surface area contributed by atoms with E-state index in [2.05, 4.69) is 25.9 Å². The van der Waals surface area contributed by atoms with Gasteiger partial charge in [0.25, 0.3) is 0 Å². The van der Waals surface area contributed by atoms with Crippen molar-refractivity contribution < 1.29 is 58.7 Å². The average molecular weight is 884 g/mol. The highest BCUT2D eigenvalue weighted by atomic mass is 16.6. The normalized spacial score (nSPS) is 12.4. The summed E-state index contributed by atoms with van der Waals surface area (Å²) in [4.78, 5) is 98.8. The number of nitro groups is 2. The van der Waals surface area contributed by atoms with E-state index in [9.17, 15) is 49.0 Å². The van der Waals surface area contributed by atoms with Crippen LogP contribution in [0, 0.1) is 45.9 Å². The fraction of sp³-hybridized carbons (Fsp3) is 0.692. The molecule has 23 heteroatoms. The first-order chi connectivity index (χ1) is 28.8. The standard InChI is InChI=1S/C22H35N5O8.C11H21NO3.C6H9N3O3/c1-13(2)21(31)16(25-22(32)17(24-14(3)4)6-8-19(28)29)7-9-20(30)35-11-10-26-15(5)23-12-18(26)27(33)34;1-7(2)11(15)9(12-8(3)4)5-6-10(13)14;1-5-7-4-6(9(11)12)8(5)2-3-10/h12-14,16-17,24H,6-11H2,1-5H3,(H,25,32)(H,28,29);7-9,12H,5-6H2,1-4H3,(H,13,14);4,10H,2-3H2,1H3. The molecule has 0 spiro atoms. The zero-order valence-corrected chi connectivity index (χ0v) is 37.3. The molecular formula is C39H65N9O14. The van der Waals surface area contributed by atoms with E-state index in [0.29, 0.717) is 18.1 Å². The van der Waals surface area contributed by atoms with Gasteiger partial charge in [-0.3, -0.25) is 28.8 Å². The number of carboxylic acid groups (broad SMARTS) is 2. The van der Waals surface area contributed by atoms with Crippen molar-refractivity contribution in [3.63, 3.8) is 0 Å². The van der Waals surface area contributed by atoms with E-state index >= 15 is 0 Å². The molecule has 0 radical (unpaired) electrons. The molecule has 0 fully saturated rings. The number of aliphatic hydroxyl groups is 1. The number of aliphatic carboxylic acids is 2. The molecule has 3 unspecified atom stereocenters. The molecule has 0 aliphatic rings. The number of carbonyl (C=O) groups excluding carboxylic acids is 4. The predicted octanol–water partition coefficient (Wildman–Crippen LogP) is 2.90. The summed E-state index contributed by atoms with van der Waals surface area (Å²) in [6.45, 7) is 17.8. The molecule has 2 rings (SSSR count). The van der Waals surface area contributed by atoms with E-state index in [1.165, 1.54) is 15.3 Å². The third-order valence-electron chi connectivity index (χ3n) is 8.80. The summed E-state index contributed by atoms with van der Waals surface area (Å²) in [7, 11) is 0. The molecule has 350 valence electrons. The van der Waals surface area contributed by atoms with Gasteiger partial charge in [0.15, 0.2) is 23.2 Å². The molecule has 2 aromatic heterocycles. The van der Waals surface area contributed by atoms with Gasteiger partial charge in [-0.05, 0) is 29.1 Å². The number of aromatic nitrogens is 4. The molecule has 3 atom stereocenters. The van der Waals surface area contributed by atoms with Crippen LogP contribution in [0.15, 0.2) is 12.4 Å². The molecule has 0 saturated heterocycles. The van der Waals surface area contributed by atoms with Crippen molar-refractivity contribution in [2.75, 3.05) is 13.2 Å². The van der Waals surface area contributed by atoms with Crippen molar-refractivity contribution in [3.8, 4) is 0 Å². The van der Waals surface area contributed by atoms with Crippen LogP contribution >= 0.6 is 0 Å². The first-order valence-corrected chi connectivity index (χ1v) is 20.3. The summed E-state index contributed by atoms with van der Waals surface area (Å²) in [5.41, 5.74) is 0. The number of ether oxygens (including phenoxy) is 1. The number of aliphatic hydroxyl groups excluding tert-OH is 1. The Bertz CT molecular complexity index is 1790. The topological polar surface area (TPSA) is 330 Å². The van der Waals surface area contributed by atoms with Crippen molar-refractivity contribution in [2.24, 2.45) is 11.8 Å². The maximum absolute atomic E-state index is 12.8. The molecule has 0 saturated carbocycles. The van der Waals surface area contributed by atoms with E-state index in [-0.39, 0.29) is 106 Å². The lowest BCUT2D eigenvalue weighted by Crippen LogP contribution is -2.52. The fourth-order valence-electron chi connectivity index (χ4n) is 5.74. The van der Waals surface area contributed by atoms with E-state index in [0.717, 1.165) is 6.20 Å². The van der Waals surface area contributed by atoms with Gasteiger partial charge in [0.2, 0.25) is 5.91 Å². The van der Waals surface area contributed by atoms with Crippen LogP contribution in [0.25, 0.3) is 0 Å². The van der Waals surface area contributed by atoms with Crippen LogP contribution in [0.2, 0.25) is 0 Å². The van der Waals surface area contributed by atoms with Crippen LogP contribution in [0.1, 0.15) is 106 Å². The van der Waals surface area contributed by atoms with Gasteiger partial charge in [-0.1, -0.05) is 55.4 Å². The zero-order chi connectivity index (χ0) is 47.9. The monoisotopic (exact) mass is 883 g/mol. The van der Waals surface area contributed by atoms with E-state index < -0.39 is 51.7 Å². The van der Waals surface area contributed by atoms with E-state index in [4.69, 9.17) is 20.1 Å². The third kappa shape index (κ3) is 21.7. The minimum absolute atomic E-state index is 0.000827. The van der Waals surface area contributed by atoms with Crippen molar-refractivity contribution in [3.05, 3.63) is 44.3 Å². The second-order valence-electron chi connectivity index (χ2n) is 15.4. The lowest BCUT2D eigenvalue weighted by molar-refractivity contribution is -0.392. The van der Waals surface area contributed by atoms with Gasteiger partial charge in [0, 0.05) is 57.0 Å². The average Bonchev–Trinajstić information content (AvgIpc) is 3.74. The number of aryl methyl sites for hydroxylation is 2. The number of rotatable bonds is 26. The Hall–Kier alpha value is -5.68. The molecule has 1 amide bonds. The first-order valence-electron chi connectivity index (χ1n) is 20.3. The molecule has 62 heavy (non-hydrogen) atoms. The van der Waals surface area contributed by atoms with Crippen molar-refractivity contribution in [1.82, 2.24) is 35.1 Å². The van der Waals surface area contributed by atoms with Crippen molar-refractivity contribution >= 4 is 47.0 Å². The molecule has 23 nitrogen and oxygen atoms in total. The molecule has 2 aromatic rings. The van der Waals surface area contributed by atoms with E-state index in [1.807, 2.05) is 41.5 Å². The van der Waals surface area contributed by atoms with Gasteiger partial charge < -0.3 is 56.2 Å². The van der Waals surface area contributed by atoms with Gasteiger partial charge in [-0.15, -0.1) is 0 Å². The quantitative estimate of drug-likeness (QED) is 0.0449. The van der Waals surface area contributed by atoms with Crippen LogP contribution in [-0.2, 0) is 46.6 Å². The lowest BCUT2D eigenvalue weighted by Gasteiger charge is -2.25. The molecule has 6 N–H and O–H groups in total. The molecule has 0 bridgehead atoms. The van der Waals surface area contributed by atoms with Gasteiger partial charge in [0.1, 0.15) is 32.1 Å². The van der Waals surface area contributed by atoms with Gasteiger partial charge in [-0.2, -0.15) is 0 Å². The number of nitrogens with zero attached hydrogens (tertiary/aromatic N) is 6. The number of carboxylic acids is 2. The number of nitrogens with one attached hydrogen (secondary N) is 3. The number of amides is 1. The van der Waals surface area contributed by atoms with Crippen LogP contribution in [0.4, 0.5) is 11.6 Å². The Morgan fingerprint density at radius 2 is 1.08 bits per heavy atom. The van der Waals surface area contributed by atoms with Gasteiger partial charge in [0.05, 0.1) is 24.7 Å². The smallest absolute Gasteiger partial charge is 0.342 e. The highest BCUT2D eigenvalue weighted by Crippen LogP contribution is 2.15. The number of Topliss-reactive ketones (excluding diaryl/α,β-unsaturated/α-hetero) is 2.